The number of halogens is 8. The SMILES string of the molecule is CCCCc1ccc(-c2ccc(-c3ccc(-c4cc(F)c(C(F)(F)Oc5ccc(F)c(F)c5)c(F)c4)c(F)c3)c(F)c2)cc1. The number of rotatable bonds is 9. The molecule has 1 nitrogen and oxygen atoms in total. The number of ether oxygens (including phenoxy) is 1. The Balaban J connectivity index is 1.39. The number of benzene rings is 5. The minimum absolute atomic E-state index is 0.0838. The molecule has 44 heavy (non-hydrogen) atoms. The minimum atomic E-state index is -4.62. The van der Waals surface area contributed by atoms with Crippen LogP contribution in [-0.4, -0.2) is 0 Å². The van der Waals surface area contributed by atoms with Crippen LogP contribution in [0.2, 0.25) is 0 Å². The predicted molar refractivity (Wildman–Crippen MR) is 152 cm³/mol. The smallest absolute Gasteiger partial charge is 0.429 e. The van der Waals surface area contributed by atoms with Crippen LogP contribution in [-0.2, 0) is 12.5 Å². The van der Waals surface area contributed by atoms with E-state index in [1.54, 1.807) is 6.07 Å². The Morgan fingerprint density at radius 1 is 0.523 bits per heavy atom. The van der Waals surface area contributed by atoms with Gasteiger partial charge in [-0.15, -0.1) is 0 Å². The zero-order chi connectivity index (χ0) is 31.6. The summed E-state index contributed by atoms with van der Waals surface area (Å²) in [5.41, 5.74) is 0.307. The molecule has 0 spiro atoms. The molecule has 0 fully saturated rings. The van der Waals surface area contributed by atoms with Gasteiger partial charge in [0.2, 0.25) is 0 Å². The molecule has 0 unspecified atom stereocenters. The van der Waals surface area contributed by atoms with E-state index >= 15 is 8.78 Å². The Hall–Kier alpha value is -4.66. The number of hydrogen-bond donors (Lipinski definition) is 0. The summed E-state index contributed by atoms with van der Waals surface area (Å²) in [6, 6.07) is 18.2. The molecule has 0 amide bonds. The second kappa shape index (κ2) is 12.5. The van der Waals surface area contributed by atoms with Gasteiger partial charge in [-0.3, -0.25) is 0 Å². The molecule has 5 aromatic carbocycles. The van der Waals surface area contributed by atoms with Crippen LogP contribution in [0.25, 0.3) is 33.4 Å². The highest BCUT2D eigenvalue weighted by Crippen LogP contribution is 2.38. The fourth-order valence-corrected chi connectivity index (χ4v) is 4.84. The van der Waals surface area contributed by atoms with Crippen molar-refractivity contribution < 1.29 is 39.9 Å². The summed E-state index contributed by atoms with van der Waals surface area (Å²) in [5.74, 6) is -8.85. The molecule has 0 N–H and O–H groups in total. The molecule has 5 aromatic rings. The molecule has 0 saturated carbocycles. The van der Waals surface area contributed by atoms with Crippen LogP contribution in [0.5, 0.6) is 5.75 Å². The van der Waals surface area contributed by atoms with Crippen LogP contribution in [0.15, 0.2) is 91.0 Å². The van der Waals surface area contributed by atoms with Crippen molar-refractivity contribution in [2.45, 2.75) is 32.3 Å². The van der Waals surface area contributed by atoms with Gasteiger partial charge in [0.25, 0.3) is 0 Å². The van der Waals surface area contributed by atoms with Crippen LogP contribution in [0, 0.1) is 34.9 Å². The van der Waals surface area contributed by atoms with Crippen molar-refractivity contribution in [1.29, 1.82) is 0 Å². The first-order valence-corrected chi connectivity index (χ1v) is 13.7. The Kier molecular flexibility index (Phi) is 8.76. The summed E-state index contributed by atoms with van der Waals surface area (Å²) in [6.45, 7) is 2.11. The van der Waals surface area contributed by atoms with Crippen molar-refractivity contribution in [3.8, 4) is 39.1 Å². The van der Waals surface area contributed by atoms with Crippen molar-refractivity contribution in [3.63, 3.8) is 0 Å². The minimum Gasteiger partial charge on any atom is -0.429 e. The molecule has 5 rings (SSSR count). The van der Waals surface area contributed by atoms with Crippen molar-refractivity contribution in [3.05, 3.63) is 137 Å². The van der Waals surface area contributed by atoms with Gasteiger partial charge in [0.15, 0.2) is 11.6 Å². The molecule has 0 saturated heterocycles. The van der Waals surface area contributed by atoms with E-state index in [4.69, 9.17) is 0 Å². The van der Waals surface area contributed by atoms with Crippen LogP contribution >= 0.6 is 0 Å². The van der Waals surface area contributed by atoms with Crippen molar-refractivity contribution in [1.82, 2.24) is 0 Å². The van der Waals surface area contributed by atoms with E-state index < -0.39 is 57.9 Å². The lowest BCUT2D eigenvalue weighted by atomic mass is 9.96. The highest BCUT2D eigenvalue weighted by Gasteiger charge is 2.41. The normalized spacial score (nSPS) is 11.6. The van der Waals surface area contributed by atoms with E-state index in [0.717, 1.165) is 37.0 Å². The van der Waals surface area contributed by atoms with E-state index in [2.05, 4.69) is 11.7 Å². The van der Waals surface area contributed by atoms with Crippen LogP contribution < -0.4 is 4.74 Å². The molecule has 0 radical (unpaired) electrons. The highest BCUT2D eigenvalue weighted by atomic mass is 19.3. The van der Waals surface area contributed by atoms with Crippen molar-refractivity contribution in [2.75, 3.05) is 0 Å². The maximum atomic E-state index is 15.2. The summed E-state index contributed by atoms with van der Waals surface area (Å²) >= 11 is 0. The largest absolute Gasteiger partial charge is 0.432 e. The first kappa shape index (κ1) is 30.8. The molecule has 9 heteroatoms. The average molecular weight is 613 g/mol. The molecule has 226 valence electrons. The second-order valence-electron chi connectivity index (χ2n) is 10.2. The lowest BCUT2D eigenvalue weighted by molar-refractivity contribution is -0.189. The Bertz CT molecular complexity index is 1790. The average Bonchev–Trinajstić information content (AvgIpc) is 2.97. The Morgan fingerprint density at radius 3 is 1.66 bits per heavy atom. The predicted octanol–water partition coefficient (Wildman–Crippen LogP) is 11.0. The van der Waals surface area contributed by atoms with E-state index in [0.29, 0.717) is 35.9 Å². The van der Waals surface area contributed by atoms with Gasteiger partial charge >= 0.3 is 6.11 Å². The molecular formula is C35H24F8O. The highest BCUT2D eigenvalue weighted by molar-refractivity contribution is 5.74. The molecule has 0 aromatic heterocycles. The van der Waals surface area contributed by atoms with Gasteiger partial charge in [-0.25, -0.2) is 26.3 Å². The van der Waals surface area contributed by atoms with Gasteiger partial charge in [-0.1, -0.05) is 61.9 Å². The zero-order valence-corrected chi connectivity index (χ0v) is 23.2. The zero-order valence-electron chi connectivity index (χ0n) is 23.2. The van der Waals surface area contributed by atoms with Gasteiger partial charge in [0.05, 0.1) is 0 Å². The number of hydrogen-bond acceptors (Lipinski definition) is 1. The maximum absolute atomic E-state index is 15.2. The third-order valence-electron chi connectivity index (χ3n) is 7.14. The number of aryl methyl sites for hydroxylation is 1. The van der Waals surface area contributed by atoms with Gasteiger partial charge in [0.1, 0.15) is 34.6 Å². The quantitative estimate of drug-likeness (QED) is 0.151. The van der Waals surface area contributed by atoms with Gasteiger partial charge < -0.3 is 4.74 Å². The Morgan fingerprint density at radius 2 is 1.07 bits per heavy atom. The number of unbranched alkanes of at least 4 members (excludes halogenated alkanes) is 1. The standard InChI is InChI=1S/C35H24F8O/c1-2-3-4-20-5-7-21(8-6-20)22-9-12-26(29(37)15-22)23-10-13-27(30(38)16-23)24-17-32(40)34(33(41)18-24)35(42,43)44-25-11-14-28(36)31(39)19-25/h5-19H,2-4H2,1H3. The van der Waals surface area contributed by atoms with Crippen LogP contribution in [0.3, 0.4) is 0 Å². The van der Waals surface area contributed by atoms with Crippen molar-refractivity contribution >= 4 is 0 Å². The van der Waals surface area contributed by atoms with Gasteiger partial charge in [-0.2, -0.15) is 8.78 Å². The fraction of sp³-hybridized carbons (Fsp3) is 0.143. The summed E-state index contributed by atoms with van der Waals surface area (Å²) in [6.07, 6.45) is -1.52. The molecule has 0 atom stereocenters. The van der Waals surface area contributed by atoms with Gasteiger partial charge in [-0.05, 0) is 77.1 Å². The van der Waals surface area contributed by atoms with Gasteiger partial charge in [0, 0.05) is 17.2 Å². The first-order valence-electron chi connectivity index (χ1n) is 13.7. The van der Waals surface area contributed by atoms with E-state index in [1.807, 2.05) is 24.3 Å². The van der Waals surface area contributed by atoms with Crippen molar-refractivity contribution in [2.24, 2.45) is 0 Å². The second-order valence-corrected chi connectivity index (χ2v) is 10.2. The lowest BCUT2D eigenvalue weighted by Crippen LogP contribution is -2.25. The third kappa shape index (κ3) is 6.46. The van der Waals surface area contributed by atoms with Crippen LogP contribution in [0.1, 0.15) is 30.9 Å². The molecule has 0 heterocycles. The fourth-order valence-electron chi connectivity index (χ4n) is 4.84. The third-order valence-corrected chi connectivity index (χ3v) is 7.14. The Labute approximate surface area is 248 Å². The molecular weight excluding hydrogens is 588 g/mol. The molecule has 0 bridgehead atoms. The topological polar surface area (TPSA) is 9.23 Å². The molecule has 0 aliphatic carbocycles. The van der Waals surface area contributed by atoms with E-state index in [1.165, 1.54) is 23.8 Å². The summed E-state index contributed by atoms with van der Waals surface area (Å²) in [4.78, 5) is 0. The monoisotopic (exact) mass is 612 g/mol. The van der Waals surface area contributed by atoms with E-state index in [9.17, 15) is 26.3 Å². The lowest BCUT2D eigenvalue weighted by Gasteiger charge is -2.20. The molecule has 0 aliphatic heterocycles. The van der Waals surface area contributed by atoms with Crippen LogP contribution in [0.4, 0.5) is 35.1 Å². The summed E-state index contributed by atoms with van der Waals surface area (Å²) in [7, 11) is 0. The first-order chi connectivity index (χ1) is 21.0. The number of alkyl halides is 2. The van der Waals surface area contributed by atoms with E-state index in [-0.39, 0.29) is 16.7 Å². The maximum Gasteiger partial charge on any atom is 0.432 e. The summed E-state index contributed by atoms with van der Waals surface area (Å²) in [5, 5.41) is 0. The molecule has 0 aliphatic rings. The summed E-state index contributed by atoms with van der Waals surface area (Å²) < 4.78 is 120.